The van der Waals surface area contributed by atoms with E-state index in [-0.39, 0.29) is 5.78 Å². The number of hydrogen-bond donors (Lipinski definition) is 3. The smallest absolute Gasteiger partial charge is 0.328 e. The number of aromatic nitrogens is 1. The number of rotatable bonds is 6. The van der Waals surface area contributed by atoms with Gasteiger partial charge in [-0.15, -0.1) is 0 Å². The fourth-order valence-electron chi connectivity index (χ4n) is 2.95. The van der Waals surface area contributed by atoms with Gasteiger partial charge in [-0.1, -0.05) is 41.9 Å². The molecule has 1 aliphatic heterocycles. The molecular formula is C19H18ClN3O3. The van der Waals surface area contributed by atoms with Gasteiger partial charge in [-0.25, -0.2) is 9.78 Å². The lowest BCUT2D eigenvalue weighted by atomic mass is 9.88. The maximum atomic E-state index is 13.1. The number of ketones is 1. The van der Waals surface area contributed by atoms with Crippen LogP contribution in [0.4, 0.5) is 5.82 Å². The van der Waals surface area contributed by atoms with E-state index in [1.807, 2.05) is 18.2 Å². The Kier molecular flexibility index (Phi) is 5.35. The summed E-state index contributed by atoms with van der Waals surface area (Å²) in [5.41, 5.74) is 0.368. The topological polar surface area (TPSA) is 91.3 Å². The van der Waals surface area contributed by atoms with Crippen LogP contribution in [0.15, 0.2) is 48.7 Å². The van der Waals surface area contributed by atoms with E-state index in [2.05, 4.69) is 15.6 Å². The molecule has 134 valence electrons. The Morgan fingerprint density at radius 3 is 2.69 bits per heavy atom. The van der Waals surface area contributed by atoms with Crippen molar-refractivity contribution in [1.29, 1.82) is 0 Å². The Hall–Kier alpha value is -2.70. The third kappa shape index (κ3) is 3.92. The SMILES string of the molecule is O=C(O)/C=C/c1cnc(N[C@]2(C(=O)c3ccccc3)CCNC2)c(Cl)c1. The Morgan fingerprint density at radius 1 is 1.31 bits per heavy atom. The molecule has 7 heteroatoms. The third-order valence-electron chi connectivity index (χ3n) is 4.26. The number of aliphatic carboxylic acids is 1. The molecule has 2 heterocycles. The van der Waals surface area contributed by atoms with Crippen molar-refractivity contribution < 1.29 is 14.7 Å². The number of nitrogens with zero attached hydrogens (tertiary/aromatic N) is 1. The van der Waals surface area contributed by atoms with Crippen LogP contribution < -0.4 is 10.6 Å². The van der Waals surface area contributed by atoms with Crippen molar-refractivity contribution in [2.24, 2.45) is 0 Å². The van der Waals surface area contributed by atoms with Gasteiger partial charge >= 0.3 is 5.97 Å². The fourth-order valence-corrected chi connectivity index (χ4v) is 3.17. The van der Waals surface area contributed by atoms with E-state index in [4.69, 9.17) is 16.7 Å². The first-order chi connectivity index (χ1) is 12.5. The van der Waals surface area contributed by atoms with Gasteiger partial charge in [-0.05, 0) is 30.7 Å². The van der Waals surface area contributed by atoms with E-state index in [0.29, 0.717) is 41.5 Å². The van der Waals surface area contributed by atoms with Crippen LogP contribution in [0, 0.1) is 0 Å². The number of carbonyl (C=O) groups excluding carboxylic acids is 1. The number of anilines is 1. The second kappa shape index (κ2) is 7.68. The van der Waals surface area contributed by atoms with Crippen LogP contribution in [0.3, 0.4) is 0 Å². The highest BCUT2D eigenvalue weighted by molar-refractivity contribution is 6.33. The average molecular weight is 372 g/mol. The molecule has 0 unspecified atom stereocenters. The molecular weight excluding hydrogens is 354 g/mol. The second-order valence-corrected chi connectivity index (χ2v) is 6.51. The summed E-state index contributed by atoms with van der Waals surface area (Å²) in [6, 6.07) is 10.7. The first-order valence-corrected chi connectivity index (χ1v) is 8.53. The van der Waals surface area contributed by atoms with Crippen molar-refractivity contribution in [3.8, 4) is 0 Å². The number of pyridine rings is 1. The molecule has 3 N–H and O–H groups in total. The summed E-state index contributed by atoms with van der Waals surface area (Å²) in [5.74, 6) is -0.671. The first kappa shape index (κ1) is 18.1. The van der Waals surface area contributed by atoms with Crippen LogP contribution >= 0.6 is 11.6 Å². The van der Waals surface area contributed by atoms with Crippen LogP contribution in [0.5, 0.6) is 0 Å². The molecule has 2 aromatic rings. The molecule has 0 saturated carbocycles. The number of carbonyl (C=O) groups is 2. The molecule has 0 radical (unpaired) electrons. The summed E-state index contributed by atoms with van der Waals surface area (Å²) in [4.78, 5) is 28.0. The molecule has 3 rings (SSSR count). The highest BCUT2D eigenvalue weighted by atomic mass is 35.5. The number of halogens is 1. The summed E-state index contributed by atoms with van der Waals surface area (Å²) >= 11 is 6.30. The summed E-state index contributed by atoms with van der Waals surface area (Å²) in [6.45, 7) is 1.18. The monoisotopic (exact) mass is 371 g/mol. The Labute approximate surface area is 155 Å². The highest BCUT2D eigenvalue weighted by Gasteiger charge is 2.42. The minimum absolute atomic E-state index is 0.0178. The van der Waals surface area contributed by atoms with Gasteiger partial charge in [0.25, 0.3) is 0 Å². The maximum Gasteiger partial charge on any atom is 0.328 e. The predicted molar refractivity (Wildman–Crippen MR) is 101 cm³/mol. The van der Waals surface area contributed by atoms with Crippen molar-refractivity contribution in [1.82, 2.24) is 10.3 Å². The molecule has 1 atom stereocenters. The Bertz CT molecular complexity index is 846. The number of benzene rings is 1. The molecule has 0 bridgehead atoms. The number of hydrogen-bond acceptors (Lipinski definition) is 5. The van der Waals surface area contributed by atoms with Crippen LogP contribution in [0.2, 0.25) is 5.02 Å². The van der Waals surface area contributed by atoms with Crippen LogP contribution in [0.1, 0.15) is 22.3 Å². The van der Waals surface area contributed by atoms with Gasteiger partial charge in [-0.2, -0.15) is 0 Å². The molecule has 1 saturated heterocycles. The fraction of sp³-hybridized carbons (Fsp3) is 0.211. The molecule has 1 fully saturated rings. The zero-order valence-electron chi connectivity index (χ0n) is 13.9. The van der Waals surface area contributed by atoms with Crippen molar-refractivity contribution in [3.63, 3.8) is 0 Å². The number of nitrogens with one attached hydrogen (secondary N) is 2. The Balaban J connectivity index is 1.87. The molecule has 1 aromatic carbocycles. The van der Waals surface area contributed by atoms with Gasteiger partial charge in [0.05, 0.1) is 5.02 Å². The van der Waals surface area contributed by atoms with E-state index in [1.54, 1.807) is 18.2 Å². The summed E-state index contributed by atoms with van der Waals surface area (Å²) in [5, 5.41) is 15.5. The molecule has 0 aliphatic carbocycles. The van der Waals surface area contributed by atoms with Gasteiger partial charge < -0.3 is 15.7 Å². The summed E-state index contributed by atoms with van der Waals surface area (Å²) < 4.78 is 0. The molecule has 6 nitrogen and oxygen atoms in total. The predicted octanol–water partition coefficient (Wildman–Crippen LogP) is 2.86. The van der Waals surface area contributed by atoms with Gasteiger partial charge in [0.2, 0.25) is 0 Å². The quantitative estimate of drug-likeness (QED) is 0.534. The lowest BCUT2D eigenvalue weighted by Crippen LogP contribution is -2.48. The number of carboxylic acid groups (broad SMARTS) is 1. The normalized spacial score (nSPS) is 19.6. The van der Waals surface area contributed by atoms with E-state index < -0.39 is 11.5 Å². The second-order valence-electron chi connectivity index (χ2n) is 6.10. The molecule has 26 heavy (non-hydrogen) atoms. The highest BCUT2D eigenvalue weighted by Crippen LogP contribution is 2.29. The van der Waals surface area contributed by atoms with Crippen LogP contribution in [-0.2, 0) is 4.79 Å². The summed E-state index contributed by atoms with van der Waals surface area (Å²) in [6.07, 6.45) is 4.55. The maximum absolute atomic E-state index is 13.1. The van der Waals surface area contributed by atoms with Crippen molar-refractivity contribution >= 4 is 35.2 Å². The zero-order chi connectivity index (χ0) is 18.6. The van der Waals surface area contributed by atoms with E-state index in [9.17, 15) is 9.59 Å². The van der Waals surface area contributed by atoms with E-state index in [1.165, 1.54) is 12.3 Å². The van der Waals surface area contributed by atoms with Gasteiger partial charge in [-0.3, -0.25) is 4.79 Å². The standard InChI is InChI=1S/C19H18ClN3O3/c20-15-10-13(6-7-16(24)25)11-22-18(15)23-19(8-9-21-12-19)17(26)14-4-2-1-3-5-14/h1-7,10-11,21H,8-9,12H2,(H,22,23)(H,24,25)/b7-6+/t19-/m1/s1. The minimum Gasteiger partial charge on any atom is -0.478 e. The van der Waals surface area contributed by atoms with Crippen molar-refractivity contribution in [3.05, 3.63) is 64.8 Å². The van der Waals surface area contributed by atoms with Crippen molar-refractivity contribution in [2.75, 3.05) is 18.4 Å². The molecule has 1 aliphatic rings. The van der Waals surface area contributed by atoms with E-state index >= 15 is 0 Å². The van der Waals surface area contributed by atoms with Crippen LogP contribution in [0.25, 0.3) is 6.08 Å². The van der Waals surface area contributed by atoms with Crippen molar-refractivity contribution in [2.45, 2.75) is 12.0 Å². The van der Waals surface area contributed by atoms with Gasteiger partial charge in [0.15, 0.2) is 5.78 Å². The third-order valence-corrected chi connectivity index (χ3v) is 4.55. The summed E-state index contributed by atoms with van der Waals surface area (Å²) in [7, 11) is 0. The van der Waals surface area contributed by atoms with Gasteiger partial charge in [0, 0.05) is 24.4 Å². The average Bonchev–Trinajstić information content (AvgIpc) is 3.12. The number of Topliss-reactive ketones (excluding diaryl/α,β-unsaturated/α-hetero) is 1. The first-order valence-electron chi connectivity index (χ1n) is 8.15. The van der Waals surface area contributed by atoms with Gasteiger partial charge in [0.1, 0.15) is 11.4 Å². The lowest BCUT2D eigenvalue weighted by molar-refractivity contribution is -0.131. The lowest BCUT2D eigenvalue weighted by Gasteiger charge is -2.29. The zero-order valence-corrected chi connectivity index (χ0v) is 14.7. The molecule has 1 aromatic heterocycles. The molecule has 0 amide bonds. The number of carboxylic acids is 1. The largest absolute Gasteiger partial charge is 0.478 e. The molecule has 0 spiro atoms. The minimum atomic E-state index is -1.05. The van der Waals surface area contributed by atoms with E-state index in [0.717, 1.165) is 6.08 Å². The Morgan fingerprint density at radius 2 is 2.08 bits per heavy atom. The van der Waals surface area contributed by atoms with Crippen LogP contribution in [-0.4, -0.2) is 40.5 Å².